The zero-order valence-corrected chi connectivity index (χ0v) is 10.8. The summed E-state index contributed by atoms with van der Waals surface area (Å²) in [5, 5.41) is 3.14. The number of hydrogen-bond acceptors (Lipinski definition) is 6. The summed E-state index contributed by atoms with van der Waals surface area (Å²) in [6, 6.07) is 0. The van der Waals surface area contributed by atoms with Crippen molar-refractivity contribution in [3.05, 3.63) is 18.1 Å². The van der Waals surface area contributed by atoms with Gasteiger partial charge in [-0.15, -0.1) is 0 Å². The Morgan fingerprint density at radius 3 is 2.67 bits per heavy atom. The van der Waals surface area contributed by atoms with Crippen LogP contribution in [0, 0.1) is 0 Å². The van der Waals surface area contributed by atoms with Crippen molar-refractivity contribution in [3.8, 4) is 0 Å². The maximum atomic E-state index is 11.1. The molecule has 1 N–H and O–H groups in total. The highest BCUT2D eigenvalue weighted by Crippen LogP contribution is 2.03. The SMILES string of the molecule is COCCCCCNc1cnc(C(=O)OC)cn1. The molecule has 0 aromatic carbocycles. The lowest BCUT2D eigenvalue weighted by Gasteiger charge is -2.05. The zero-order valence-electron chi connectivity index (χ0n) is 10.8. The summed E-state index contributed by atoms with van der Waals surface area (Å²) in [7, 11) is 3.02. The van der Waals surface area contributed by atoms with Crippen molar-refractivity contribution >= 4 is 11.8 Å². The number of nitrogens with zero attached hydrogens (tertiary/aromatic N) is 2. The van der Waals surface area contributed by atoms with Crippen molar-refractivity contribution in [1.29, 1.82) is 0 Å². The number of carbonyl (C=O) groups excluding carboxylic acids is 1. The molecule has 0 unspecified atom stereocenters. The molecular weight excluding hydrogens is 234 g/mol. The Bertz CT molecular complexity index is 354. The molecule has 0 spiro atoms. The number of aromatic nitrogens is 2. The van der Waals surface area contributed by atoms with E-state index in [0.29, 0.717) is 5.82 Å². The van der Waals surface area contributed by atoms with Crippen molar-refractivity contribution in [2.24, 2.45) is 0 Å². The molecule has 0 aliphatic heterocycles. The number of methoxy groups -OCH3 is 2. The molecule has 1 rings (SSSR count). The highest BCUT2D eigenvalue weighted by Gasteiger charge is 2.06. The van der Waals surface area contributed by atoms with Crippen LogP contribution in [0.25, 0.3) is 0 Å². The predicted octanol–water partition coefficient (Wildman–Crippen LogP) is 1.49. The van der Waals surface area contributed by atoms with Gasteiger partial charge in [0.2, 0.25) is 0 Å². The Morgan fingerprint density at radius 1 is 1.22 bits per heavy atom. The normalized spacial score (nSPS) is 10.1. The maximum Gasteiger partial charge on any atom is 0.358 e. The largest absolute Gasteiger partial charge is 0.464 e. The van der Waals surface area contributed by atoms with Gasteiger partial charge in [-0.2, -0.15) is 0 Å². The second kappa shape index (κ2) is 8.41. The van der Waals surface area contributed by atoms with Crippen LogP contribution in [0.4, 0.5) is 5.82 Å². The van der Waals surface area contributed by atoms with Crippen LogP contribution in [0.2, 0.25) is 0 Å². The highest BCUT2D eigenvalue weighted by atomic mass is 16.5. The topological polar surface area (TPSA) is 73.3 Å². The molecule has 1 aromatic rings. The summed E-state index contributed by atoms with van der Waals surface area (Å²) in [5.41, 5.74) is 0.211. The first-order valence-corrected chi connectivity index (χ1v) is 5.91. The summed E-state index contributed by atoms with van der Waals surface area (Å²) in [4.78, 5) is 19.2. The summed E-state index contributed by atoms with van der Waals surface area (Å²) in [5.74, 6) is 0.183. The summed E-state index contributed by atoms with van der Waals surface area (Å²) in [6.45, 7) is 1.63. The standard InChI is InChI=1S/C12H19N3O3/c1-17-7-5-3-4-6-13-11-9-14-10(8-15-11)12(16)18-2/h8-9H,3-7H2,1-2H3,(H,13,15). The molecule has 0 aliphatic carbocycles. The number of carbonyl (C=O) groups is 1. The van der Waals surface area contributed by atoms with Crippen LogP contribution in [0.5, 0.6) is 0 Å². The van der Waals surface area contributed by atoms with E-state index in [2.05, 4.69) is 20.0 Å². The molecule has 0 fully saturated rings. The molecule has 0 bridgehead atoms. The van der Waals surface area contributed by atoms with Gasteiger partial charge >= 0.3 is 5.97 Å². The molecule has 1 heterocycles. The number of rotatable bonds is 8. The number of nitrogens with one attached hydrogen (secondary N) is 1. The number of ether oxygens (including phenoxy) is 2. The minimum atomic E-state index is -0.478. The van der Waals surface area contributed by atoms with Gasteiger partial charge in [0, 0.05) is 20.3 Å². The third kappa shape index (κ3) is 5.09. The van der Waals surface area contributed by atoms with Gasteiger partial charge < -0.3 is 14.8 Å². The second-order valence-corrected chi connectivity index (χ2v) is 3.76. The van der Waals surface area contributed by atoms with Gasteiger partial charge in [-0.3, -0.25) is 0 Å². The van der Waals surface area contributed by atoms with E-state index in [-0.39, 0.29) is 5.69 Å². The molecule has 100 valence electrons. The van der Waals surface area contributed by atoms with Crippen molar-refractivity contribution in [2.45, 2.75) is 19.3 Å². The van der Waals surface area contributed by atoms with Gasteiger partial charge in [0.1, 0.15) is 5.82 Å². The average molecular weight is 253 g/mol. The third-order valence-corrected chi connectivity index (χ3v) is 2.38. The Balaban J connectivity index is 2.25. The number of hydrogen-bond donors (Lipinski definition) is 1. The van der Waals surface area contributed by atoms with Crippen LogP contribution in [0.15, 0.2) is 12.4 Å². The van der Waals surface area contributed by atoms with E-state index in [9.17, 15) is 4.79 Å². The van der Waals surface area contributed by atoms with Crippen molar-refractivity contribution in [3.63, 3.8) is 0 Å². The first kappa shape index (κ1) is 14.4. The Kier molecular flexibility index (Phi) is 6.71. The molecule has 6 heteroatoms. The van der Waals surface area contributed by atoms with Gasteiger partial charge in [-0.1, -0.05) is 0 Å². The smallest absolute Gasteiger partial charge is 0.358 e. The molecule has 6 nitrogen and oxygen atoms in total. The van der Waals surface area contributed by atoms with Crippen LogP contribution in [0.3, 0.4) is 0 Å². The van der Waals surface area contributed by atoms with Crippen LogP contribution >= 0.6 is 0 Å². The lowest BCUT2D eigenvalue weighted by molar-refractivity contribution is 0.0593. The van der Waals surface area contributed by atoms with E-state index in [0.717, 1.165) is 32.4 Å². The fraction of sp³-hybridized carbons (Fsp3) is 0.583. The molecule has 1 aromatic heterocycles. The van der Waals surface area contributed by atoms with Gasteiger partial charge in [0.15, 0.2) is 5.69 Å². The number of esters is 1. The molecule has 0 radical (unpaired) electrons. The summed E-state index contributed by atoms with van der Waals surface area (Å²) < 4.78 is 9.50. The van der Waals surface area contributed by atoms with E-state index in [1.807, 2.05) is 0 Å². The molecule has 0 aliphatic rings. The monoisotopic (exact) mass is 253 g/mol. The van der Waals surface area contributed by atoms with Crippen molar-refractivity contribution < 1.29 is 14.3 Å². The minimum absolute atomic E-state index is 0.211. The van der Waals surface area contributed by atoms with E-state index in [1.54, 1.807) is 7.11 Å². The first-order valence-electron chi connectivity index (χ1n) is 5.91. The fourth-order valence-corrected chi connectivity index (χ4v) is 1.39. The van der Waals surface area contributed by atoms with E-state index >= 15 is 0 Å². The molecule has 0 atom stereocenters. The Morgan fingerprint density at radius 2 is 2.06 bits per heavy atom. The van der Waals surface area contributed by atoms with Crippen molar-refractivity contribution in [1.82, 2.24) is 9.97 Å². The van der Waals surface area contributed by atoms with Crippen LogP contribution in [0.1, 0.15) is 29.8 Å². The second-order valence-electron chi connectivity index (χ2n) is 3.76. The number of anilines is 1. The summed E-state index contributed by atoms with van der Waals surface area (Å²) in [6.07, 6.45) is 6.14. The maximum absolute atomic E-state index is 11.1. The summed E-state index contributed by atoms with van der Waals surface area (Å²) >= 11 is 0. The molecule has 0 saturated carbocycles. The molecule has 18 heavy (non-hydrogen) atoms. The lowest BCUT2D eigenvalue weighted by atomic mass is 10.2. The number of unbranched alkanes of at least 4 members (excludes halogenated alkanes) is 2. The van der Waals surface area contributed by atoms with Gasteiger partial charge in [0.05, 0.1) is 19.5 Å². The molecular formula is C12H19N3O3. The average Bonchev–Trinajstić information content (AvgIpc) is 2.42. The lowest BCUT2D eigenvalue weighted by Crippen LogP contribution is -2.08. The Labute approximate surface area is 107 Å². The minimum Gasteiger partial charge on any atom is -0.464 e. The quantitative estimate of drug-likeness (QED) is 0.559. The van der Waals surface area contributed by atoms with Gasteiger partial charge in [-0.05, 0) is 19.3 Å². The first-order chi connectivity index (χ1) is 8.77. The Hall–Kier alpha value is -1.69. The van der Waals surface area contributed by atoms with Gasteiger partial charge in [0.25, 0.3) is 0 Å². The van der Waals surface area contributed by atoms with Crippen LogP contribution in [-0.4, -0.2) is 43.3 Å². The molecule has 0 amide bonds. The van der Waals surface area contributed by atoms with Crippen LogP contribution < -0.4 is 5.32 Å². The fourth-order valence-electron chi connectivity index (χ4n) is 1.39. The van der Waals surface area contributed by atoms with Gasteiger partial charge in [-0.25, -0.2) is 14.8 Å². The van der Waals surface area contributed by atoms with E-state index in [4.69, 9.17) is 4.74 Å². The third-order valence-electron chi connectivity index (χ3n) is 2.38. The highest BCUT2D eigenvalue weighted by molar-refractivity contribution is 5.86. The van der Waals surface area contributed by atoms with E-state index in [1.165, 1.54) is 19.5 Å². The van der Waals surface area contributed by atoms with E-state index < -0.39 is 5.97 Å². The van der Waals surface area contributed by atoms with Crippen molar-refractivity contribution in [2.75, 3.05) is 32.7 Å². The molecule has 0 saturated heterocycles. The van der Waals surface area contributed by atoms with Crippen LogP contribution in [-0.2, 0) is 9.47 Å². The zero-order chi connectivity index (χ0) is 13.2. The predicted molar refractivity (Wildman–Crippen MR) is 67.6 cm³/mol.